The first-order chi connectivity index (χ1) is 7.51. The molecule has 0 saturated carbocycles. The molecule has 0 aromatic heterocycles. The maximum Gasteiger partial charge on any atom is 0.179 e. The Kier molecular flexibility index (Phi) is 4.78. The summed E-state index contributed by atoms with van der Waals surface area (Å²) in [7, 11) is -3.42. The molecule has 1 rings (SSSR count). The first-order valence-corrected chi connectivity index (χ1v) is 7.47. The van der Waals surface area contributed by atoms with Crippen LogP contribution in [0.2, 0.25) is 0 Å². The van der Waals surface area contributed by atoms with Crippen LogP contribution in [0.1, 0.15) is 12.0 Å². The molecule has 0 unspecified atom stereocenters. The molecule has 0 aliphatic rings. The lowest BCUT2D eigenvalue weighted by Crippen LogP contribution is -2.09. The summed E-state index contributed by atoms with van der Waals surface area (Å²) in [5, 5.41) is 8.84. The van der Waals surface area contributed by atoms with Crippen LogP contribution in [-0.4, -0.2) is 20.1 Å². The summed E-state index contributed by atoms with van der Waals surface area (Å²) in [5.41, 5.74) is 0.165. The first-order valence-electron chi connectivity index (χ1n) is 4.49. The molecule has 0 aliphatic carbocycles. The van der Waals surface area contributed by atoms with Crippen molar-refractivity contribution in [3.05, 3.63) is 28.2 Å². The summed E-state index contributed by atoms with van der Waals surface area (Å²) in [6.07, 6.45) is 0.376. The van der Waals surface area contributed by atoms with E-state index < -0.39 is 9.84 Å². The molecule has 1 aromatic carbocycles. The fourth-order valence-corrected chi connectivity index (χ4v) is 3.50. The van der Waals surface area contributed by atoms with Crippen LogP contribution in [-0.2, 0) is 9.84 Å². The minimum atomic E-state index is -3.42. The van der Waals surface area contributed by atoms with Crippen LogP contribution in [0.3, 0.4) is 0 Å². The Morgan fingerprint density at radius 3 is 2.69 bits per heavy atom. The van der Waals surface area contributed by atoms with Gasteiger partial charge in [0.2, 0.25) is 0 Å². The monoisotopic (exact) mass is 321 g/mol. The highest BCUT2D eigenvalue weighted by Crippen LogP contribution is 2.22. The Bertz CT molecular complexity index is 522. The Balaban J connectivity index is 3.22. The molecule has 0 bridgehead atoms. The molecule has 3 nitrogen and oxygen atoms in total. The quantitative estimate of drug-likeness (QED) is 0.801. The maximum absolute atomic E-state index is 11.9. The van der Waals surface area contributed by atoms with Gasteiger partial charge in [-0.15, -0.1) is 11.6 Å². The van der Waals surface area contributed by atoms with Crippen molar-refractivity contribution >= 4 is 37.4 Å². The SMILES string of the molecule is N#Cc1ccc(Br)cc1S(=O)(=O)CCCCl. The summed E-state index contributed by atoms with van der Waals surface area (Å²) in [5.74, 6) is 0.247. The fourth-order valence-electron chi connectivity index (χ4n) is 1.20. The van der Waals surface area contributed by atoms with Crippen LogP contribution in [0.4, 0.5) is 0 Å². The van der Waals surface area contributed by atoms with Crippen LogP contribution < -0.4 is 0 Å². The zero-order valence-corrected chi connectivity index (χ0v) is 11.4. The average Bonchev–Trinajstić information content (AvgIpc) is 2.26. The van der Waals surface area contributed by atoms with E-state index in [4.69, 9.17) is 16.9 Å². The molecule has 0 radical (unpaired) electrons. The highest BCUT2D eigenvalue weighted by Gasteiger charge is 2.18. The number of sulfone groups is 1. The van der Waals surface area contributed by atoms with Gasteiger partial charge in [-0.1, -0.05) is 15.9 Å². The highest BCUT2D eigenvalue weighted by atomic mass is 79.9. The topological polar surface area (TPSA) is 57.9 Å². The molecule has 16 heavy (non-hydrogen) atoms. The van der Waals surface area contributed by atoms with Gasteiger partial charge >= 0.3 is 0 Å². The second-order valence-electron chi connectivity index (χ2n) is 3.11. The van der Waals surface area contributed by atoms with Crippen molar-refractivity contribution in [3.8, 4) is 6.07 Å². The summed E-state index contributed by atoms with van der Waals surface area (Å²) >= 11 is 8.65. The molecule has 86 valence electrons. The third-order valence-corrected chi connectivity index (χ3v) is 4.54. The summed E-state index contributed by atoms with van der Waals surface area (Å²) in [6, 6.07) is 6.44. The molecule has 0 saturated heterocycles. The predicted octanol–water partition coefficient (Wildman–Crippen LogP) is 2.72. The Labute approximate surface area is 108 Å². The van der Waals surface area contributed by atoms with Crippen molar-refractivity contribution in [2.45, 2.75) is 11.3 Å². The van der Waals surface area contributed by atoms with Crippen LogP contribution in [0, 0.1) is 11.3 Å². The number of hydrogen-bond donors (Lipinski definition) is 0. The zero-order chi connectivity index (χ0) is 12.2. The molecule has 1 aromatic rings. The Morgan fingerprint density at radius 2 is 2.12 bits per heavy atom. The Morgan fingerprint density at radius 1 is 1.44 bits per heavy atom. The second-order valence-corrected chi connectivity index (χ2v) is 6.48. The lowest BCUT2D eigenvalue weighted by Gasteiger charge is -2.05. The summed E-state index contributed by atoms with van der Waals surface area (Å²) in [4.78, 5) is 0.0643. The lowest BCUT2D eigenvalue weighted by atomic mass is 10.2. The van der Waals surface area contributed by atoms with E-state index in [1.807, 2.05) is 6.07 Å². The fraction of sp³-hybridized carbons (Fsp3) is 0.300. The van der Waals surface area contributed by atoms with Crippen LogP contribution in [0.15, 0.2) is 27.6 Å². The van der Waals surface area contributed by atoms with Gasteiger partial charge in [-0.2, -0.15) is 5.26 Å². The molecule has 0 fully saturated rings. The van der Waals surface area contributed by atoms with E-state index in [0.29, 0.717) is 10.9 Å². The standard InChI is InChI=1S/C10H9BrClNO2S/c11-9-3-2-8(7-13)10(6-9)16(14,15)5-1-4-12/h2-3,6H,1,4-5H2. The van der Waals surface area contributed by atoms with E-state index in [-0.39, 0.29) is 22.1 Å². The second kappa shape index (κ2) is 5.67. The Hall–Kier alpha value is -0.570. The van der Waals surface area contributed by atoms with Crippen molar-refractivity contribution in [3.63, 3.8) is 0 Å². The minimum Gasteiger partial charge on any atom is -0.224 e. The smallest absolute Gasteiger partial charge is 0.179 e. The molecule has 0 spiro atoms. The highest BCUT2D eigenvalue weighted by molar-refractivity contribution is 9.10. The van der Waals surface area contributed by atoms with Gasteiger partial charge in [0.05, 0.1) is 16.2 Å². The van der Waals surface area contributed by atoms with Gasteiger partial charge in [-0.25, -0.2) is 8.42 Å². The number of rotatable bonds is 4. The van der Waals surface area contributed by atoms with Crippen LogP contribution in [0.25, 0.3) is 0 Å². The van der Waals surface area contributed by atoms with Gasteiger partial charge in [-0.3, -0.25) is 0 Å². The molecular weight excluding hydrogens is 314 g/mol. The predicted molar refractivity (Wildman–Crippen MR) is 66.2 cm³/mol. The third-order valence-electron chi connectivity index (χ3n) is 1.95. The van der Waals surface area contributed by atoms with Crippen molar-refractivity contribution < 1.29 is 8.42 Å². The van der Waals surface area contributed by atoms with Crippen molar-refractivity contribution in [1.29, 1.82) is 5.26 Å². The molecule has 0 heterocycles. The molecule has 0 N–H and O–H groups in total. The largest absolute Gasteiger partial charge is 0.224 e. The number of halogens is 2. The van der Waals surface area contributed by atoms with Crippen LogP contribution >= 0.6 is 27.5 Å². The van der Waals surface area contributed by atoms with Crippen molar-refractivity contribution in [1.82, 2.24) is 0 Å². The van der Waals surface area contributed by atoms with Gasteiger partial charge in [0, 0.05) is 10.4 Å². The molecule has 0 atom stereocenters. The lowest BCUT2D eigenvalue weighted by molar-refractivity contribution is 0.594. The number of nitrogens with zero attached hydrogens (tertiary/aromatic N) is 1. The normalized spacial score (nSPS) is 11.1. The molecule has 6 heteroatoms. The molecule has 0 amide bonds. The summed E-state index contributed by atoms with van der Waals surface area (Å²) < 4.78 is 24.4. The summed E-state index contributed by atoms with van der Waals surface area (Å²) in [6.45, 7) is 0. The number of hydrogen-bond acceptors (Lipinski definition) is 3. The zero-order valence-electron chi connectivity index (χ0n) is 8.28. The van der Waals surface area contributed by atoms with Gasteiger partial charge in [0.1, 0.15) is 6.07 Å². The van der Waals surface area contributed by atoms with E-state index in [2.05, 4.69) is 15.9 Å². The number of benzene rings is 1. The van der Waals surface area contributed by atoms with E-state index in [9.17, 15) is 8.42 Å². The average molecular weight is 323 g/mol. The van der Waals surface area contributed by atoms with Crippen molar-refractivity contribution in [2.75, 3.05) is 11.6 Å². The van der Waals surface area contributed by atoms with Gasteiger partial charge in [-0.05, 0) is 24.6 Å². The van der Waals surface area contributed by atoms with E-state index in [0.717, 1.165) is 0 Å². The van der Waals surface area contributed by atoms with E-state index >= 15 is 0 Å². The number of alkyl halides is 1. The number of nitriles is 1. The molecule has 0 aliphatic heterocycles. The first kappa shape index (κ1) is 13.5. The van der Waals surface area contributed by atoms with Crippen molar-refractivity contribution in [2.24, 2.45) is 0 Å². The van der Waals surface area contributed by atoms with Gasteiger partial charge in [0.25, 0.3) is 0 Å². The minimum absolute atomic E-state index is 0.0400. The maximum atomic E-state index is 11.9. The van der Waals surface area contributed by atoms with Gasteiger partial charge in [0.15, 0.2) is 9.84 Å². The molecular formula is C10H9BrClNO2S. The van der Waals surface area contributed by atoms with E-state index in [1.54, 1.807) is 6.07 Å². The third kappa shape index (κ3) is 3.21. The van der Waals surface area contributed by atoms with Crippen LogP contribution in [0.5, 0.6) is 0 Å². The van der Waals surface area contributed by atoms with E-state index in [1.165, 1.54) is 12.1 Å². The van der Waals surface area contributed by atoms with Gasteiger partial charge < -0.3 is 0 Å².